The van der Waals surface area contributed by atoms with Crippen molar-refractivity contribution in [3.8, 4) is 17.5 Å². The van der Waals surface area contributed by atoms with Crippen molar-refractivity contribution in [2.45, 2.75) is 25.2 Å². The van der Waals surface area contributed by atoms with Gasteiger partial charge in [0.2, 0.25) is 5.91 Å². The third-order valence-electron chi connectivity index (χ3n) is 6.99. The largest absolute Gasteiger partial charge is 0.368 e. The molecular formula is C29H29N7O2. The quantitative estimate of drug-likeness (QED) is 0.326. The van der Waals surface area contributed by atoms with Crippen molar-refractivity contribution in [1.82, 2.24) is 25.2 Å². The van der Waals surface area contributed by atoms with Crippen LogP contribution in [0.5, 0.6) is 0 Å². The molecule has 0 saturated carbocycles. The number of nitrogens with one attached hydrogen (secondary N) is 3. The maximum absolute atomic E-state index is 13.5. The van der Waals surface area contributed by atoms with Crippen molar-refractivity contribution in [3.05, 3.63) is 78.0 Å². The van der Waals surface area contributed by atoms with E-state index in [2.05, 4.69) is 21.7 Å². The molecule has 5 rings (SSSR count). The number of fused-ring (bicyclic) bond motifs is 1. The molecule has 9 heteroatoms. The number of likely N-dealkylation sites (tertiary alicyclic amines) is 1. The summed E-state index contributed by atoms with van der Waals surface area (Å²) in [5.74, 6) is 0.878. The SMILES string of the molecule is CC(=O)NCCNc1nc(-c2ccccc2)nc2[nH]c(C(=O)N3CCC(C#N)(c4ccccc4)CC3)cc12. The van der Waals surface area contributed by atoms with Crippen LogP contribution in [-0.2, 0) is 10.2 Å². The highest BCUT2D eigenvalue weighted by Crippen LogP contribution is 2.35. The summed E-state index contributed by atoms with van der Waals surface area (Å²) >= 11 is 0. The zero-order valence-electron chi connectivity index (χ0n) is 21.2. The first-order valence-electron chi connectivity index (χ1n) is 12.7. The molecule has 1 fully saturated rings. The molecule has 1 aliphatic rings. The lowest BCUT2D eigenvalue weighted by atomic mass is 9.74. The molecule has 2 aromatic carbocycles. The lowest BCUT2D eigenvalue weighted by Gasteiger charge is -2.37. The minimum absolute atomic E-state index is 0.103. The Morgan fingerprint density at radius 2 is 1.71 bits per heavy atom. The van der Waals surface area contributed by atoms with Crippen molar-refractivity contribution in [1.29, 1.82) is 5.26 Å². The van der Waals surface area contributed by atoms with Gasteiger partial charge in [-0.2, -0.15) is 5.26 Å². The van der Waals surface area contributed by atoms with Crippen molar-refractivity contribution >= 4 is 28.7 Å². The van der Waals surface area contributed by atoms with Crippen LogP contribution in [0, 0.1) is 11.3 Å². The number of amides is 2. The van der Waals surface area contributed by atoms with Crippen molar-refractivity contribution in [2.75, 3.05) is 31.5 Å². The predicted molar refractivity (Wildman–Crippen MR) is 145 cm³/mol. The molecular weight excluding hydrogens is 478 g/mol. The monoisotopic (exact) mass is 507 g/mol. The number of hydrogen-bond donors (Lipinski definition) is 3. The maximum atomic E-state index is 13.5. The summed E-state index contributed by atoms with van der Waals surface area (Å²) in [5, 5.41) is 16.7. The van der Waals surface area contributed by atoms with E-state index in [1.54, 1.807) is 11.0 Å². The number of anilines is 1. The van der Waals surface area contributed by atoms with Crippen LogP contribution < -0.4 is 10.6 Å². The zero-order chi connectivity index (χ0) is 26.5. The van der Waals surface area contributed by atoms with E-state index in [9.17, 15) is 14.9 Å². The Kier molecular flexibility index (Phi) is 7.05. The van der Waals surface area contributed by atoms with Gasteiger partial charge < -0.3 is 20.5 Å². The number of H-pyrrole nitrogens is 1. The van der Waals surface area contributed by atoms with E-state index in [-0.39, 0.29) is 11.8 Å². The van der Waals surface area contributed by atoms with Crippen LogP contribution in [0.1, 0.15) is 35.8 Å². The lowest BCUT2D eigenvalue weighted by molar-refractivity contribution is -0.118. The van der Waals surface area contributed by atoms with Crippen LogP contribution in [0.25, 0.3) is 22.4 Å². The molecule has 1 aliphatic heterocycles. The predicted octanol–water partition coefficient (Wildman–Crippen LogP) is 3.87. The summed E-state index contributed by atoms with van der Waals surface area (Å²) in [6.07, 6.45) is 1.15. The number of nitrogens with zero attached hydrogens (tertiary/aromatic N) is 4. The van der Waals surface area contributed by atoms with E-state index in [1.807, 2.05) is 60.7 Å². The van der Waals surface area contributed by atoms with E-state index in [0.29, 0.717) is 67.4 Å². The zero-order valence-corrected chi connectivity index (χ0v) is 21.2. The van der Waals surface area contributed by atoms with Crippen LogP contribution >= 0.6 is 0 Å². The normalized spacial score (nSPS) is 14.6. The molecule has 2 aromatic heterocycles. The minimum Gasteiger partial charge on any atom is -0.368 e. The molecule has 9 nitrogen and oxygen atoms in total. The van der Waals surface area contributed by atoms with Crippen LogP contribution in [0.15, 0.2) is 66.7 Å². The first-order chi connectivity index (χ1) is 18.5. The van der Waals surface area contributed by atoms with E-state index in [4.69, 9.17) is 9.97 Å². The molecule has 192 valence electrons. The fourth-order valence-electron chi connectivity index (χ4n) is 4.88. The third-order valence-corrected chi connectivity index (χ3v) is 6.99. The first-order valence-corrected chi connectivity index (χ1v) is 12.7. The Balaban J connectivity index is 1.40. The van der Waals surface area contributed by atoms with Gasteiger partial charge in [-0.05, 0) is 24.5 Å². The Morgan fingerprint density at radius 1 is 1.03 bits per heavy atom. The number of benzene rings is 2. The van der Waals surface area contributed by atoms with Gasteiger partial charge in [-0.25, -0.2) is 9.97 Å². The second-order valence-electron chi connectivity index (χ2n) is 9.47. The summed E-state index contributed by atoms with van der Waals surface area (Å²) in [5.41, 5.74) is 2.25. The number of aromatic amines is 1. The van der Waals surface area contributed by atoms with Crippen LogP contribution in [0.4, 0.5) is 5.82 Å². The smallest absolute Gasteiger partial charge is 0.270 e. The van der Waals surface area contributed by atoms with E-state index < -0.39 is 5.41 Å². The molecule has 0 radical (unpaired) electrons. The Labute approximate surface area is 220 Å². The highest BCUT2D eigenvalue weighted by Gasteiger charge is 2.38. The van der Waals surface area contributed by atoms with Gasteiger partial charge in [0.05, 0.1) is 16.9 Å². The molecule has 0 bridgehead atoms. The number of carbonyl (C=O) groups excluding carboxylic acids is 2. The highest BCUT2D eigenvalue weighted by molar-refractivity contribution is 6.00. The number of hydrogen-bond acceptors (Lipinski definition) is 6. The maximum Gasteiger partial charge on any atom is 0.270 e. The Morgan fingerprint density at radius 3 is 2.37 bits per heavy atom. The third kappa shape index (κ3) is 5.06. The summed E-state index contributed by atoms with van der Waals surface area (Å²) in [4.78, 5) is 39.2. The molecule has 0 atom stereocenters. The Hall–Kier alpha value is -4.71. The molecule has 38 heavy (non-hydrogen) atoms. The molecule has 0 aliphatic carbocycles. The van der Waals surface area contributed by atoms with Crippen LogP contribution in [0.2, 0.25) is 0 Å². The summed E-state index contributed by atoms with van der Waals surface area (Å²) in [7, 11) is 0. The first kappa shape index (κ1) is 25.0. The van der Waals surface area contributed by atoms with E-state index in [1.165, 1.54) is 6.92 Å². The topological polar surface area (TPSA) is 127 Å². The van der Waals surface area contributed by atoms with Gasteiger partial charge in [0.1, 0.15) is 17.2 Å². The van der Waals surface area contributed by atoms with Crippen LogP contribution in [0.3, 0.4) is 0 Å². The number of rotatable bonds is 7. The van der Waals surface area contributed by atoms with Crippen molar-refractivity contribution in [3.63, 3.8) is 0 Å². The molecule has 4 aromatic rings. The van der Waals surface area contributed by atoms with E-state index >= 15 is 0 Å². The minimum atomic E-state index is -0.584. The van der Waals surface area contributed by atoms with Gasteiger partial charge in [0, 0.05) is 38.7 Å². The van der Waals surface area contributed by atoms with Gasteiger partial charge in [-0.15, -0.1) is 0 Å². The van der Waals surface area contributed by atoms with Gasteiger partial charge >= 0.3 is 0 Å². The fraction of sp³-hybridized carbons (Fsp3) is 0.276. The second-order valence-corrected chi connectivity index (χ2v) is 9.47. The van der Waals surface area contributed by atoms with Crippen LogP contribution in [-0.4, -0.2) is 57.8 Å². The second kappa shape index (κ2) is 10.7. The van der Waals surface area contributed by atoms with Crippen molar-refractivity contribution in [2.24, 2.45) is 0 Å². The van der Waals surface area contributed by atoms with Gasteiger partial charge in [0.15, 0.2) is 5.82 Å². The summed E-state index contributed by atoms with van der Waals surface area (Å²) in [6, 6.07) is 23.7. The molecule has 3 heterocycles. The molecule has 0 unspecified atom stereocenters. The van der Waals surface area contributed by atoms with Gasteiger partial charge in [0.25, 0.3) is 5.91 Å². The molecule has 1 saturated heterocycles. The van der Waals surface area contributed by atoms with Crippen molar-refractivity contribution < 1.29 is 9.59 Å². The number of carbonyl (C=O) groups is 2. The number of aromatic nitrogens is 3. The van der Waals surface area contributed by atoms with Gasteiger partial charge in [-0.3, -0.25) is 9.59 Å². The average Bonchev–Trinajstić information content (AvgIpc) is 3.40. The molecule has 2 amide bonds. The number of piperidine rings is 1. The standard InChI is InChI=1S/C29H29N7O2/c1-20(37)31-14-15-32-26-23-18-24(33-27(23)35-25(34-26)21-8-4-2-5-9-21)28(38)36-16-12-29(19-30,13-17-36)22-10-6-3-7-11-22/h2-11,18H,12-17H2,1H3,(H,31,37)(H2,32,33,34,35). The number of nitriles is 1. The lowest BCUT2D eigenvalue weighted by Crippen LogP contribution is -2.44. The summed E-state index contributed by atoms with van der Waals surface area (Å²) < 4.78 is 0. The van der Waals surface area contributed by atoms with E-state index in [0.717, 1.165) is 11.1 Å². The summed E-state index contributed by atoms with van der Waals surface area (Å²) in [6.45, 7) is 3.35. The van der Waals surface area contributed by atoms with Gasteiger partial charge in [-0.1, -0.05) is 60.7 Å². The average molecular weight is 508 g/mol. The highest BCUT2D eigenvalue weighted by atomic mass is 16.2. The molecule has 0 spiro atoms. The Bertz CT molecular complexity index is 1480. The molecule has 3 N–H and O–H groups in total. The fourth-order valence-corrected chi connectivity index (χ4v) is 4.88.